The minimum Gasteiger partial charge on any atom is -0.475 e. The number of nitrogens with zero attached hydrogens (tertiary/aromatic N) is 2. The second-order valence-electron chi connectivity index (χ2n) is 7.50. The maximum Gasteiger partial charge on any atom is 0.264 e. The number of hydrogen-bond acceptors (Lipinski definition) is 6. The van der Waals surface area contributed by atoms with Crippen molar-refractivity contribution in [3.8, 4) is 17.1 Å². The van der Waals surface area contributed by atoms with Crippen molar-refractivity contribution in [1.82, 2.24) is 9.97 Å². The lowest BCUT2D eigenvalue weighted by molar-refractivity contribution is 0.233. The van der Waals surface area contributed by atoms with Crippen molar-refractivity contribution in [3.05, 3.63) is 60.2 Å². The summed E-state index contributed by atoms with van der Waals surface area (Å²) in [5.74, 6) is 0.487. The van der Waals surface area contributed by atoms with Gasteiger partial charge in [0.05, 0.1) is 16.7 Å². The standard InChI is InChI=1S/C22H26N4O3S/c1-14(2)18-10-5-6-11-19(18)20-13-21(29-15(3)4)25-22(24-20)26-30(27,28)17-9-7-8-16(23)12-17/h5-15H,23H2,1-4H3,(H,24,25,26). The van der Waals surface area contributed by atoms with Crippen LogP contribution in [0.3, 0.4) is 0 Å². The Balaban J connectivity index is 2.08. The first-order valence-electron chi connectivity index (χ1n) is 9.69. The smallest absolute Gasteiger partial charge is 0.264 e. The van der Waals surface area contributed by atoms with Gasteiger partial charge in [-0.2, -0.15) is 4.98 Å². The van der Waals surface area contributed by atoms with Crippen molar-refractivity contribution in [1.29, 1.82) is 0 Å². The van der Waals surface area contributed by atoms with Crippen molar-refractivity contribution < 1.29 is 13.2 Å². The van der Waals surface area contributed by atoms with Crippen molar-refractivity contribution in [3.63, 3.8) is 0 Å². The Bertz CT molecular complexity index is 1140. The van der Waals surface area contributed by atoms with E-state index in [0.29, 0.717) is 17.3 Å². The third-order valence-electron chi connectivity index (χ3n) is 4.31. The summed E-state index contributed by atoms with van der Waals surface area (Å²) in [5, 5.41) is 0. The van der Waals surface area contributed by atoms with Gasteiger partial charge in [0.25, 0.3) is 10.0 Å². The summed E-state index contributed by atoms with van der Waals surface area (Å²) in [6.07, 6.45) is -0.133. The predicted molar refractivity (Wildman–Crippen MR) is 119 cm³/mol. The molecule has 0 spiro atoms. The Kier molecular flexibility index (Phi) is 6.26. The molecule has 8 heteroatoms. The van der Waals surface area contributed by atoms with E-state index in [1.807, 2.05) is 38.1 Å². The average molecular weight is 427 g/mol. The number of sulfonamides is 1. The first-order chi connectivity index (χ1) is 14.2. The lowest BCUT2D eigenvalue weighted by Gasteiger charge is -2.16. The van der Waals surface area contributed by atoms with Crippen LogP contribution in [0.1, 0.15) is 39.2 Å². The van der Waals surface area contributed by atoms with Crippen LogP contribution in [-0.2, 0) is 10.0 Å². The minimum absolute atomic E-state index is 0.0328. The molecule has 3 aromatic rings. The second kappa shape index (κ2) is 8.71. The SMILES string of the molecule is CC(C)Oc1cc(-c2ccccc2C(C)C)nc(NS(=O)(=O)c2cccc(N)c2)n1. The first-order valence-corrected chi connectivity index (χ1v) is 11.2. The fraction of sp³-hybridized carbons (Fsp3) is 0.273. The van der Waals surface area contributed by atoms with Gasteiger partial charge in [0.15, 0.2) is 0 Å². The van der Waals surface area contributed by atoms with E-state index in [0.717, 1.165) is 11.1 Å². The van der Waals surface area contributed by atoms with Crippen LogP contribution in [0, 0.1) is 0 Å². The lowest BCUT2D eigenvalue weighted by Crippen LogP contribution is -2.16. The highest BCUT2D eigenvalue weighted by atomic mass is 32.2. The fourth-order valence-corrected chi connectivity index (χ4v) is 4.00. The van der Waals surface area contributed by atoms with E-state index in [-0.39, 0.29) is 22.9 Å². The van der Waals surface area contributed by atoms with Gasteiger partial charge in [-0.3, -0.25) is 0 Å². The van der Waals surface area contributed by atoms with Gasteiger partial charge in [-0.15, -0.1) is 0 Å². The molecule has 7 nitrogen and oxygen atoms in total. The lowest BCUT2D eigenvalue weighted by atomic mass is 9.95. The maximum atomic E-state index is 12.8. The van der Waals surface area contributed by atoms with Gasteiger partial charge < -0.3 is 10.5 Å². The molecule has 1 heterocycles. The molecular weight excluding hydrogens is 400 g/mol. The van der Waals surface area contributed by atoms with Gasteiger partial charge in [-0.1, -0.05) is 44.2 Å². The first kappa shape index (κ1) is 21.6. The normalized spacial score (nSPS) is 11.7. The van der Waals surface area contributed by atoms with Crippen LogP contribution in [0.5, 0.6) is 5.88 Å². The van der Waals surface area contributed by atoms with Gasteiger partial charge in [0, 0.05) is 17.3 Å². The van der Waals surface area contributed by atoms with Gasteiger partial charge in [0.1, 0.15) is 0 Å². The van der Waals surface area contributed by atoms with Crippen LogP contribution in [0.15, 0.2) is 59.5 Å². The van der Waals surface area contributed by atoms with Gasteiger partial charge >= 0.3 is 0 Å². The number of nitrogens with two attached hydrogens (primary N) is 1. The van der Waals surface area contributed by atoms with Gasteiger partial charge in [-0.25, -0.2) is 18.1 Å². The van der Waals surface area contributed by atoms with E-state index in [4.69, 9.17) is 10.5 Å². The van der Waals surface area contributed by atoms with Crippen LogP contribution in [0.25, 0.3) is 11.3 Å². The summed E-state index contributed by atoms with van der Waals surface area (Å²) in [5.41, 5.74) is 8.65. The molecule has 3 rings (SSSR count). The molecule has 1 aromatic heterocycles. The zero-order valence-corrected chi connectivity index (χ0v) is 18.3. The predicted octanol–water partition coefficient (Wildman–Crippen LogP) is 4.44. The van der Waals surface area contributed by atoms with Crippen molar-refractivity contribution in [2.24, 2.45) is 0 Å². The number of rotatable bonds is 7. The minimum atomic E-state index is -3.92. The summed E-state index contributed by atoms with van der Waals surface area (Å²) in [6.45, 7) is 7.94. The molecular formula is C22H26N4O3S. The average Bonchev–Trinajstić information content (AvgIpc) is 2.67. The molecule has 0 radical (unpaired) electrons. The number of hydrogen-bond donors (Lipinski definition) is 2. The third kappa shape index (κ3) is 5.07. The number of nitrogens with one attached hydrogen (secondary N) is 1. The highest BCUT2D eigenvalue weighted by Gasteiger charge is 2.19. The molecule has 158 valence electrons. The molecule has 0 unspecified atom stereocenters. The molecule has 0 saturated heterocycles. The van der Waals surface area contributed by atoms with E-state index in [1.54, 1.807) is 18.2 Å². The number of benzene rings is 2. The molecule has 0 fully saturated rings. The Morgan fingerprint density at radius 3 is 2.37 bits per heavy atom. The van der Waals surface area contributed by atoms with Gasteiger partial charge in [-0.05, 0) is 43.5 Å². The van der Waals surface area contributed by atoms with E-state index in [1.165, 1.54) is 12.1 Å². The Hall–Kier alpha value is -3.13. The van der Waals surface area contributed by atoms with Crippen molar-refractivity contribution in [2.75, 3.05) is 10.5 Å². The molecule has 0 atom stereocenters. The van der Waals surface area contributed by atoms with Gasteiger partial charge in [0.2, 0.25) is 11.8 Å². The molecule has 3 N–H and O–H groups in total. The molecule has 0 bridgehead atoms. The third-order valence-corrected chi connectivity index (χ3v) is 5.64. The van der Waals surface area contributed by atoms with E-state index in [2.05, 4.69) is 28.5 Å². The Morgan fingerprint density at radius 2 is 1.70 bits per heavy atom. The molecule has 0 aliphatic carbocycles. The number of anilines is 2. The van der Waals surface area contributed by atoms with Crippen LogP contribution in [-0.4, -0.2) is 24.5 Å². The van der Waals surface area contributed by atoms with E-state index in [9.17, 15) is 8.42 Å². The van der Waals surface area contributed by atoms with E-state index >= 15 is 0 Å². The fourth-order valence-electron chi connectivity index (χ4n) is 3.00. The summed E-state index contributed by atoms with van der Waals surface area (Å²) in [6, 6.07) is 15.6. The maximum absolute atomic E-state index is 12.8. The van der Waals surface area contributed by atoms with Crippen LogP contribution in [0.4, 0.5) is 11.6 Å². The molecule has 0 saturated carbocycles. The highest BCUT2D eigenvalue weighted by molar-refractivity contribution is 7.92. The quantitative estimate of drug-likeness (QED) is 0.541. The zero-order chi connectivity index (χ0) is 21.9. The van der Waals surface area contributed by atoms with Crippen LogP contribution < -0.4 is 15.2 Å². The summed E-state index contributed by atoms with van der Waals surface area (Å²) < 4.78 is 33.8. The number of nitrogen functional groups attached to an aromatic ring is 1. The van der Waals surface area contributed by atoms with Crippen LogP contribution in [0.2, 0.25) is 0 Å². The van der Waals surface area contributed by atoms with Crippen LogP contribution >= 0.6 is 0 Å². The summed E-state index contributed by atoms with van der Waals surface area (Å²) in [4.78, 5) is 8.76. The molecule has 0 amide bonds. The molecule has 30 heavy (non-hydrogen) atoms. The number of aromatic nitrogens is 2. The summed E-state index contributed by atoms with van der Waals surface area (Å²) >= 11 is 0. The highest BCUT2D eigenvalue weighted by Crippen LogP contribution is 2.31. The van der Waals surface area contributed by atoms with Crippen molar-refractivity contribution >= 4 is 21.7 Å². The largest absolute Gasteiger partial charge is 0.475 e. The summed E-state index contributed by atoms with van der Waals surface area (Å²) in [7, 11) is -3.92. The Morgan fingerprint density at radius 1 is 0.967 bits per heavy atom. The van der Waals surface area contributed by atoms with E-state index < -0.39 is 10.0 Å². The Labute approximate surface area is 177 Å². The topological polar surface area (TPSA) is 107 Å². The zero-order valence-electron chi connectivity index (χ0n) is 17.5. The molecule has 0 aliphatic heterocycles. The monoisotopic (exact) mass is 426 g/mol. The molecule has 0 aliphatic rings. The second-order valence-corrected chi connectivity index (χ2v) is 9.18. The number of ether oxygens (including phenoxy) is 1. The molecule has 2 aromatic carbocycles. The van der Waals surface area contributed by atoms with Crippen molar-refractivity contribution in [2.45, 2.75) is 44.6 Å².